The SMILES string of the molecule is Nc1ccc(Br)c(-c2nnnn2C2CCCS(=O)(=O)C2)c1. The van der Waals surface area contributed by atoms with E-state index >= 15 is 0 Å². The minimum Gasteiger partial charge on any atom is -0.399 e. The van der Waals surface area contributed by atoms with E-state index in [2.05, 4.69) is 31.5 Å². The Morgan fingerprint density at radius 3 is 2.95 bits per heavy atom. The molecule has 0 radical (unpaired) electrons. The van der Waals surface area contributed by atoms with Crippen molar-refractivity contribution in [2.45, 2.75) is 18.9 Å². The fraction of sp³-hybridized carbons (Fsp3) is 0.417. The second-order valence-corrected chi connectivity index (χ2v) is 8.18. The molecule has 0 spiro atoms. The van der Waals surface area contributed by atoms with Crippen molar-refractivity contribution in [3.05, 3.63) is 22.7 Å². The van der Waals surface area contributed by atoms with Crippen LogP contribution in [0.15, 0.2) is 22.7 Å². The highest BCUT2D eigenvalue weighted by Gasteiger charge is 2.29. The van der Waals surface area contributed by atoms with Gasteiger partial charge in [0.05, 0.1) is 17.5 Å². The highest BCUT2D eigenvalue weighted by Crippen LogP contribution is 2.31. The monoisotopic (exact) mass is 371 g/mol. The number of anilines is 1. The van der Waals surface area contributed by atoms with Gasteiger partial charge in [-0.05, 0) is 41.5 Å². The molecule has 1 atom stereocenters. The first kappa shape index (κ1) is 14.5. The number of hydrogen-bond donors (Lipinski definition) is 1. The van der Waals surface area contributed by atoms with Gasteiger partial charge in [-0.2, -0.15) is 0 Å². The molecule has 112 valence electrons. The zero-order valence-electron chi connectivity index (χ0n) is 11.1. The zero-order chi connectivity index (χ0) is 15.0. The van der Waals surface area contributed by atoms with Crippen LogP contribution in [0.2, 0.25) is 0 Å². The number of nitrogen functional groups attached to an aromatic ring is 1. The van der Waals surface area contributed by atoms with E-state index in [4.69, 9.17) is 5.73 Å². The molecule has 3 rings (SSSR count). The van der Waals surface area contributed by atoms with Crippen molar-refractivity contribution in [1.82, 2.24) is 20.2 Å². The molecule has 1 aromatic carbocycles. The first-order valence-corrected chi connectivity index (χ1v) is 9.11. The standard InChI is InChI=1S/C12H14BrN5O2S/c13-11-4-3-8(14)6-10(11)12-15-16-17-18(12)9-2-1-5-21(19,20)7-9/h3-4,6,9H,1-2,5,7,14H2. The Balaban J connectivity index is 2.03. The normalized spacial score (nSPS) is 21.3. The maximum absolute atomic E-state index is 11.8. The highest BCUT2D eigenvalue weighted by molar-refractivity contribution is 9.10. The Hall–Kier alpha value is -1.48. The quantitative estimate of drug-likeness (QED) is 0.800. The summed E-state index contributed by atoms with van der Waals surface area (Å²) in [6, 6.07) is 5.12. The molecule has 21 heavy (non-hydrogen) atoms. The number of tetrazole rings is 1. The molecule has 2 N–H and O–H groups in total. The van der Waals surface area contributed by atoms with Crippen LogP contribution >= 0.6 is 15.9 Å². The topological polar surface area (TPSA) is 104 Å². The van der Waals surface area contributed by atoms with Crippen LogP contribution < -0.4 is 5.73 Å². The van der Waals surface area contributed by atoms with Gasteiger partial charge in [-0.3, -0.25) is 0 Å². The van der Waals surface area contributed by atoms with Crippen molar-refractivity contribution < 1.29 is 8.42 Å². The molecule has 7 nitrogen and oxygen atoms in total. The van der Waals surface area contributed by atoms with Crippen molar-refractivity contribution in [2.24, 2.45) is 0 Å². The Morgan fingerprint density at radius 2 is 2.19 bits per heavy atom. The van der Waals surface area contributed by atoms with E-state index in [0.717, 1.165) is 16.5 Å². The Bertz CT molecular complexity index is 774. The van der Waals surface area contributed by atoms with Gasteiger partial charge in [0.2, 0.25) is 0 Å². The van der Waals surface area contributed by atoms with Crippen LogP contribution in [0.1, 0.15) is 18.9 Å². The lowest BCUT2D eigenvalue weighted by Gasteiger charge is -2.22. The molecule has 2 aromatic rings. The number of aromatic nitrogens is 4. The van der Waals surface area contributed by atoms with Crippen LogP contribution in [-0.2, 0) is 9.84 Å². The van der Waals surface area contributed by atoms with Crippen molar-refractivity contribution in [1.29, 1.82) is 0 Å². The summed E-state index contributed by atoms with van der Waals surface area (Å²) in [6.45, 7) is 0. The summed E-state index contributed by atoms with van der Waals surface area (Å²) >= 11 is 3.45. The second kappa shape index (κ2) is 5.38. The lowest BCUT2D eigenvalue weighted by Crippen LogP contribution is -2.28. The molecular weight excluding hydrogens is 358 g/mol. The van der Waals surface area contributed by atoms with Crippen LogP contribution in [0.3, 0.4) is 0 Å². The summed E-state index contributed by atoms with van der Waals surface area (Å²) in [5.41, 5.74) is 7.16. The van der Waals surface area contributed by atoms with E-state index in [1.54, 1.807) is 16.8 Å². The molecule has 1 aliphatic heterocycles. The third-order valence-electron chi connectivity index (χ3n) is 3.51. The molecule has 9 heteroatoms. The molecule has 1 unspecified atom stereocenters. The van der Waals surface area contributed by atoms with Crippen LogP contribution in [0.4, 0.5) is 5.69 Å². The van der Waals surface area contributed by atoms with Gasteiger partial charge in [0.1, 0.15) is 0 Å². The van der Waals surface area contributed by atoms with Crippen molar-refractivity contribution in [2.75, 3.05) is 17.2 Å². The third kappa shape index (κ3) is 2.93. The molecule has 0 aliphatic carbocycles. The van der Waals surface area contributed by atoms with E-state index in [1.165, 1.54) is 0 Å². The number of nitrogens with zero attached hydrogens (tertiary/aromatic N) is 4. The van der Waals surface area contributed by atoms with Crippen LogP contribution in [0, 0.1) is 0 Å². The smallest absolute Gasteiger partial charge is 0.183 e. The first-order chi connectivity index (χ1) is 9.96. The number of sulfone groups is 1. The van der Waals surface area contributed by atoms with E-state index in [9.17, 15) is 8.42 Å². The molecular formula is C12H14BrN5O2S. The van der Waals surface area contributed by atoms with Crippen molar-refractivity contribution >= 4 is 31.5 Å². The summed E-state index contributed by atoms with van der Waals surface area (Å²) in [7, 11) is -3.03. The van der Waals surface area contributed by atoms with Gasteiger partial charge in [0.15, 0.2) is 15.7 Å². The minimum atomic E-state index is -3.03. The molecule has 1 aliphatic rings. The Morgan fingerprint density at radius 1 is 1.38 bits per heavy atom. The fourth-order valence-electron chi connectivity index (χ4n) is 2.52. The minimum absolute atomic E-state index is 0.0744. The van der Waals surface area contributed by atoms with E-state index in [1.807, 2.05) is 6.07 Å². The zero-order valence-corrected chi connectivity index (χ0v) is 13.5. The highest BCUT2D eigenvalue weighted by atomic mass is 79.9. The lowest BCUT2D eigenvalue weighted by atomic mass is 10.1. The largest absolute Gasteiger partial charge is 0.399 e. The average molecular weight is 372 g/mol. The molecule has 1 aromatic heterocycles. The molecule has 0 amide bonds. The molecule has 1 fully saturated rings. The molecule has 1 saturated heterocycles. The lowest BCUT2D eigenvalue weighted by molar-refractivity contribution is 0.429. The van der Waals surface area contributed by atoms with Gasteiger partial charge in [-0.25, -0.2) is 13.1 Å². The van der Waals surface area contributed by atoms with Gasteiger partial charge in [-0.15, -0.1) is 5.10 Å². The fourth-order valence-corrected chi connectivity index (χ4v) is 4.61. The van der Waals surface area contributed by atoms with Gasteiger partial charge in [0, 0.05) is 15.7 Å². The predicted molar refractivity (Wildman–Crippen MR) is 82.3 cm³/mol. The van der Waals surface area contributed by atoms with Crippen LogP contribution in [-0.4, -0.2) is 40.1 Å². The summed E-state index contributed by atoms with van der Waals surface area (Å²) in [6.07, 6.45) is 1.38. The number of benzene rings is 1. The number of hydrogen-bond acceptors (Lipinski definition) is 6. The molecule has 2 heterocycles. The van der Waals surface area contributed by atoms with Crippen LogP contribution in [0.25, 0.3) is 11.4 Å². The van der Waals surface area contributed by atoms with Gasteiger partial charge in [0.25, 0.3) is 0 Å². The number of rotatable bonds is 2. The Labute approximate surface area is 130 Å². The van der Waals surface area contributed by atoms with E-state index in [0.29, 0.717) is 17.9 Å². The van der Waals surface area contributed by atoms with Gasteiger partial charge in [-0.1, -0.05) is 15.9 Å². The van der Waals surface area contributed by atoms with Crippen molar-refractivity contribution in [3.63, 3.8) is 0 Å². The summed E-state index contributed by atoms with van der Waals surface area (Å²) < 4.78 is 26.0. The van der Waals surface area contributed by atoms with E-state index in [-0.39, 0.29) is 17.5 Å². The maximum atomic E-state index is 11.8. The van der Waals surface area contributed by atoms with Crippen molar-refractivity contribution in [3.8, 4) is 11.4 Å². The van der Waals surface area contributed by atoms with Gasteiger partial charge < -0.3 is 5.73 Å². The Kier molecular flexibility index (Phi) is 3.70. The average Bonchev–Trinajstić information content (AvgIpc) is 2.89. The van der Waals surface area contributed by atoms with Crippen LogP contribution in [0.5, 0.6) is 0 Å². The number of halogens is 1. The maximum Gasteiger partial charge on any atom is 0.183 e. The predicted octanol–water partition coefficient (Wildman–Crippen LogP) is 1.43. The summed E-state index contributed by atoms with van der Waals surface area (Å²) in [5, 5.41) is 11.7. The van der Waals surface area contributed by atoms with E-state index < -0.39 is 9.84 Å². The third-order valence-corrected chi connectivity index (χ3v) is 6.00. The first-order valence-electron chi connectivity index (χ1n) is 6.50. The summed E-state index contributed by atoms with van der Waals surface area (Å²) in [5.74, 6) is 0.838. The summed E-state index contributed by atoms with van der Waals surface area (Å²) in [4.78, 5) is 0. The van der Waals surface area contributed by atoms with Gasteiger partial charge >= 0.3 is 0 Å². The molecule has 0 saturated carbocycles. The molecule has 0 bridgehead atoms. The number of nitrogens with two attached hydrogens (primary N) is 1. The second-order valence-electron chi connectivity index (χ2n) is 5.10.